The average molecular weight is 363 g/mol. The third kappa shape index (κ3) is 4.79. The SMILES string of the molecule is COc1ccc(N(CC(=O)NC(C)(C#N)C2CC2)Cc2ccccc2)cc1. The topological polar surface area (TPSA) is 65.4 Å². The first kappa shape index (κ1) is 18.8. The van der Waals surface area contributed by atoms with E-state index in [2.05, 4.69) is 11.4 Å². The summed E-state index contributed by atoms with van der Waals surface area (Å²) in [5, 5.41) is 12.4. The Bertz CT molecular complexity index is 810. The van der Waals surface area contributed by atoms with Crippen LogP contribution in [0.2, 0.25) is 0 Å². The summed E-state index contributed by atoms with van der Waals surface area (Å²) in [5.74, 6) is 0.890. The van der Waals surface area contributed by atoms with Crippen LogP contribution in [0.5, 0.6) is 5.75 Å². The van der Waals surface area contributed by atoms with E-state index in [9.17, 15) is 10.1 Å². The van der Waals surface area contributed by atoms with Crippen molar-refractivity contribution in [1.82, 2.24) is 5.32 Å². The number of benzene rings is 2. The van der Waals surface area contributed by atoms with Crippen molar-refractivity contribution in [2.24, 2.45) is 5.92 Å². The zero-order valence-corrected chi connectivity index (χ0v) is 15.8. The van der Waals surface area contributed by atoms with Gasteiger partial charge in [-0.25, -0.2) is 0 Å². The van der Waals surface area contributed by atoms with Crippen LogP contribution in [0.1, 0.15) is 25.3 Å². The van der Waals surface area contributed by atoms with Crippen molar-refractivity contribution in [1.29, 1.82) is 5.26 Å². The van der Waals surface area contributed by atoms with Gasteiger partial charge in [-0.05, 0) is 55.5 Å². The van der Waals surface area contributed by atoms with Gasteiger partial charge in [0.15, 0.2) is 0 Å². The fraction of sp³-hybridized carbons (Fsp3) is 0.364. The highest BCUT2D eigenvalue weighted by atomic mass is 16.5. The minimum absolute atomic E-state index is 0.141. The second-order valence-corrected chi connectivity index (χ2v) is 7.18. The number of nitriles is 1. The first-order valence-corrected chi connectivity index (χ1v) is 9.19. The molecule has 2 aromatic rings. The smallest absolute Gasteiger partial charge is 0.240 e. The van der Waals surface area contributed by atoms with Gasteiger partial charge in [0.25, 0.3) is 0 Å². The minimum atomic E-state index is -0.782. The molecule has 1 fully saturated rings. The van der Waals surface area contributed by atoms with Gasteiger partial charge in [-0.15, -0.1) is 0 Å². The standard InChI is InChI=1S/C22H25N3O2/c1-22(16-23,18-8-9-18)24-21(26)15-25(14-17-6-4-3-5-7-17)19-10-12-20(27-2)13-11-19/h3-7,10-13,18H,8-9,14-15H2,1-2H3,(H,24,26). The predicted octanol–water partition coefficient (Wildman–Crippen LogP) is 3.51. The van der Waals surface area contributed by atoms with Crippen LogP contribution in [-0.2, 0) is 11.3 Å². The Morgan fingerprint density at radius 3 is 2.44 bits per heavy atom. The highest BCUT2D eigenvalue weighted by Gasteiger charge is 2.43. The highest BCUT2D eigenvalue weighted by Crippen LogP contribution is 2.39. The molecule has 0 spiro atoms. The van der Waals surface area contributed by atoms with Gasteiger partial charge in [-0.2, -0.15) is 5.26 Å². The number of amides is 1. The summed E-state index contributed by atoms with van der Waals surface area (Å²) in [6, 6.07) is 20.0. The van der Waals surface area contributed by atoms with Gasteiger partial charge in [-0.3, -0.25) is 4.79 Å². The Morgan fingerprint density at radius 1 is 1.22 bits per heavy atom. The molecular formula is C22H25N3O2. The lowest BCUT2D eigenvalue weighted by Gasteiger charge is -2.28. The number of anilines is 1. The van der Waals surface area contributed by atoms with E-state index in [1.165, 1.54) is 0 Å². The van der Waals surface area contributed by atoms with Gasteiger partial charge in [0, 0.05) is 12.2 Å². The third-order valence-corrected chi connectivity index (χ3v) is 5.01. The number of hydrogen-bond acceptors (Lipinski definition) is 4. The molecule has 5 nitrogen and oxygen atoms in total. The fourth-order valence-corrected chi connectivity index (χ4v) is 3.22. The van der Waals surface area contributed by atoms with E-state index >= 15 is 0 Å². The number of ether oxygens (including phenoxy) is 1. The van der Waals surface area contributed by atoms with E-state index in [4.69, 9.17) is 4.74 Å². The summed E-state index contributed by atoms with van der Waals surface area (Å²) >= 11 is 0. The first-order valence-electron chi connectivity index (χ1n) is 9.19. The van der Waals surface area contributed by atoms with Gasteiger partial charge in [0.1, 0.15) is 11.3 Å². The maximum absolute atomic E-state index is 12.7. The molecule has 0 heterocycles. The van der Waals surface area contributed by atoms with Gasteiger partial charge in [0.2, 0.25) is 5.91 Å². The molecule has 1 saturated carbocycles. The van der Waals surface area contributed by atoms with Crippen LogP contribution in [0, 0.1) is 17.2 Å². The Balaban J connectivity index is 1.76. The maximum Gasteiger partial charge on any atom is 0.240 e. The van der Waals surface area contributed by atoms with E-state index < -0.39 is 5.54 Å². The Hall–Kier alpha value is -3.00. The fourth-order valence-electron chi connectivity index (χ4n) is 3.22. The zero-order chi connectivity index (χ0) is 19.3. The number of hydrogen-bond donors (Lipinski definition) is 1. The maximum atomic E-state index is 12.7. The van der Waals surface area contributed by atoms with Crippen LogP contribution < -0.4 is 15.0 Å². The lowest BCUT2D eigenvalue weighted by Crippen LogP contribution is -2.50. The zero-order valence-electron chi connectivity index (χ0n) is 15.8. The van der Waals surface area contributed by atoms with Gasteiger partial charge in [0.05, 0.1) is 19.7 Å². The molecule has 1 unspecified atom stereocenters. The molecule has 2 aromatic carbocycles. The molecule has 0 aliphatic heterocycles. The van der Waals surface area contributed by atoms with E-state index in [0.717, 1.165) is 29.8 Å². The Labute approximate surface area is 160 Å². The molecule has 5 heteroatoms. The number of methoxy groups -OCH3 is 1. The van der Waals surface area contributed by atoms with Crippen LogP contribution in [0.25, 0.3) is 0 Å². The van der Waals surface area contributed by atoms with Crippen molar-refractivity contribution >= 4 is 11.6 Å². The molecule has 0 radical (unpaired) electrons. The monoisotopic (exact) mass is 363 g/mol. The highest BCUT2D eigenvalue weighted by molar-refractivity contribution is 5.82. The summed E-state index contributed by atoms with van der Waals surface area (Å²) < 4.78 is 5.23. The first-order chi connectivity index (χ1) is 13.0. The average Bonchev–Trinajstić information content (AvgIpc) is 3.54. The summed E-state index contributed by atoms with van der Waals surface area (Å²) in [7, 11) is 1.63. The van der Waals surface area contributed by atoms with E-state index in [-0.39, 0.29) is 18.4 Å². The number of nitrogens with zero attached hydrogens (tertiary/aromatic N) is 2. The van der Waals surface area contributed by atoms with Crippen LogP contribution >= 0.6 is 0 Å². The van der Waals surface area contributed by atoms with Crippen LogP contribution in [0.4, 0.5) is 5.69 Å². The molecule has 1 atom stereocenters. The Morgan fingerprint density at radius 2 is 1.89 bits per heavy atom. The number of carbonyl (C=O) groups is 1. The molecule has 1 aliphatic carbocycles. The molecule has 0 bridgehead atoms. The lowest BCUT2D eigenvalue weighted by molar-refractivity contribution is -0.121. The van der Waals surface area contributed by atoms with Crippen molar-refractivity contribution in [2.45, 2.75) is 31.8 Å². The van der Waals surface area contributed by atoms with E-state index in [0.29, 0.717) is 6.54 Å². The second-order valence-electron chi connectivity index (χ2n) is 7.18. The molecule has 1 aliphatic rings. The van der Waals surface area contributed by atoms with Crippen LogP contribution in [0.3, 0.4) is 0 Å². The van der Waals surface area contributed by atoms with E-state index in [1.54, 1.807) is 7.11 Å². The van der Waals surface area contributed by atoms with Crippen molar-refractivity contribution in [3.05, 3.63) is 60.2 Å². The van der Waals surface area contributed by atoms with Crippen molar-refractivity contribution in [3.63, 3.8) is 0 Å². The molecule has 27 heavy (non-hydrogen) atoms. The van der Waals surface area contributed by atoms with E-state index in [1.807, 2.05) is 66.4 Å². The van der Waals surface area contributed by atoms with Gasteiger partial charge in [-0.1, -0.05) is 30.3 Å². The summed E-state index contributed by atoms with van der Waals surface area (Å²) in [6.07, 6.45) is 1.99. The lowest BCUT2D eigenvalue weighted by atomic mass is 9.98. The molecule has 140 valence electrons. The van der Waals surface area contributed by atoms with Crippen LogP contribution in [-0.4, -0.2) is 25.1 Å². The number of rotatable bonds is 8. The number of nitrogens with one attached hydrogen (secondary N) is 1. The minimum Gasteiger partial charge on any atom is -0.497 e. The third-order valence-electron chi connectivity index (χ3n) is 5.01. The summed E-state index contributed by atoms with van der Waals surface area (Å²) in [6.45, 7) is 2.61. The molecular weight excluding hydrogens is 338 g/mol. The normalized spacial score (nSPS) is 15.3. The predicted molar refractivity (Wildman–Crippen MR) is 105 cm³/mol. The van der Waals surface area contributed by atoms with Crippen molar-refractivity contribution in [3.8, 4) is 11.8 Å². The molecule has 1 N–H and O–H groups in total. The molecule has 0 saturated heterocycles. The van der Waals surface area contributed by atoms with Crippen molar-refractivity contribution < 1.29 is 9.53 Å². The van der Waals surface area contributed by atoms with Gasteiger partial charge >= 0.3 is 0 Å². The quantitative estimate of drug-likeness (QED) is 0.779. The summed E-state index contributed by atoms with van der Waals surface area (Å²) in [4.78, 5) is 14.7. The molecule has 0 aromatic heterocycles. The summed E-state index contributed by atoms with van der Waals surface area (Å²) in [5.41, 5.74) is 1.27. The molecule has 3 rings (SSSR count). The Kier molecular flexibility index (Phi) is 5.66. The van der Waals surface area contributed by atoms with Crippen molar-refractivity contribution in [2.75, 3.05) is 18.6 Å². The second kappa shape index (κ2) is 8.13. The number of carbonyl (C=O) groups excluding carboxylic acids is 1. The van der Waals surface area contributed by atoms with Crippen LogP contribution in [0.15, 0.2) is 54.6 Å². The molecule has 1 amide bonds. The van der Waals surface area contributed by atoms with Gasteiger partial charge < -0.3 is 15.0 Å². The largest absolute Gasteiger partial charge is 0.497 e.